The molecule has 1 N–H and O–H groups in total. The lowest BCUT2D eigenvalue weighted by atomic mass is 10.0. The van der Waals surface area contributed by atoms with E-state index in [-0.39, 0.29) is 6.10 Å². The van der Waals surface area contributed by atoms with Gasteiger partial charge < -0.3 is 9.94 Å². The van der Waals surface area contributed by atoms with Gasteiger partial charge in [-0.05, 0) is 35.2 Å². The Kier molecular flexibility index (Phi) is 7.36. The van der Waals surface area contributed by atoms with Crippen LogP contribution in [0, 0.1) is 0 Å². The van der Waals surface area contributed by atoms with Crippen molar-refractivity contribution in [3.05, 3.63) is 107 Å². The molecule has 4 nitrogen and oxygen atoms in total. The molecule has 0 saturated carbocycles. The normalized spacial score (nSPS) is 16.7. The van der Waals surface area contributed by atoms with Crippen LogP contribution in [0.3, 0.4) is 0 Å². The summed E-state index contributed by atoms with van der Waals surface area (Å²) in [5, 5.41) is 15.8. The van der Waals surface area contributed by atoms with Gasteiger partial charge in [-0.15, -0.1) is 0 Å². The molecule has 0 radical (unpaired) electrons. The van der Waals surface area contributed by atoms with Crippen LogP contribution in [0.1, 0.15) is 23.1 Å². The molecule has 4 rings (SSSR count). The highest BCUT2D eigenvalue weighted by Crippen LogP contribution is 2.20. The maximum atomic E-state index is 10.8. The average Bonchev–Trinajstić information content (AvgIpc) is 3.23. The fourth-order valence-corrected chi connectivity index (χ4v) is 4.17. The van der Waals surface area contributed by atoms with Crippen LogP contribution in [0.15, 0.2) is 90.1 Å². The van der Waals surface area contributed by atoms with E-state index in [2.05, 4.69) is 28.3 Å². The Balaban J connectivity index is 1.41. The van der Waals surface area contributed by atoms with Gasteiger partial charge in [0.15, 0.2) is 0 Å². The summed E-state index contributed by atoms with van der Waals surface area (Å²) in [6.07, 6.45) is 0.852. The topological polar surface area (TPSA) is 45.1 Å². The largest absolute Gasteiger partial charge is 0.391 e. The molecule has 160 valence electrons. The van der Waals surface area contributed by atoms with Gasteiger partial charge in [0, 0.05) is 31.1 Å². The highest BCUT2D eigenvalue weighted by Gasteiger charge is 2.25. The molecule has 1 aliphatic heterocycles. The number of oxime groups is 1. The Morgan fingerprint density at radius 2 is 1.68 bits per heavy atom. The minimum Gasteiger partial charge on any atom is -0.391 e. The average molecular weight is 435 g/mol. The summed E-state index contributed by atoms with van der Waals surface area (Å²) in [5.41, 5.74) is 4.31. The summed E-state index contributed by atoms with van der Waals surface area (Å²) in [6.45, 7) is 1.91. The number of hydrogen-bond donors (Lipinski definition) is 1. The van der Waals surface area contributed by atoms with Crippen LogP contribution < -0.4 is 0 Å². The minimum absolute atomic E-state index is 0.0432. The maximum Gasteiger partial charge on any atom is 0.145 e. The molecule has 3 aromatic rings. The Morgan fingerprint density at radius 3 is 2.42 bits per heavy atom. The molecule has 0 aromatic heterocycles. The van der Waals surface area contributed by atoms with E-state index in [1.165, 1.54) is 0 Å². The molecule has 5 heteroatoms. The second-order valence-corrected chi connectivity index (χ2v) is 8.44. The number of aliphatic hydroxyl groups is 1. The van der Waals surface area contributed by atoms with Gasteiger partial charge >= 0.3 is 0 Å². The first-order valence-electron chi connectivity index (χ1n) is 10.6. The van der Waals surface area contributed by atoms with Crippen molar-refractivity contribution >= 4 is 17.3 Å². The molecular weight excluding hydrogens is 408 g/mol. The van der Waals surface area contributed by atoms with Gasteiger partial charge in [0.1, 0.15) is 6.10 Å². The molecule has 31 heavy (non-hydrogen) atoms. The van der Waals surface area contributed by atoms with E-state index in [4.69, 9.17) is 16.4 Å². The van der Waals surface area contributed by atoms with E-state index in [0.29, 0.717) is 31.1 Å². The summed E-state index contributed by atoms with van der Waals surface area (Å²) in [5.74, 6) is 0. The quantitative estimate of drug-likeness (QED) is 0.519. The van der Waals surface area contributed by atoms with Crippen LogP contribution in [0.4, 0.5) is 0 Å². The standard InChI is InChI=1S/C26H27ClN2O2/c27-23-13-7-10-21(14-23)17-29(18-24(30)15-20-8-3-1-4-9-20)19-25-16-26(28-31-25)22-11-5-2-6-12-22/h1-14,24-25,30H,15-19H2/t24-,25-/m0/s1. The van der Waals surface area contributed by atoms with Gasteiger partial charge in [-0.3, -0.25) is 4.90 Å². The van der Waals surface area contributed by atoms with Crippen molar-refractivity contribution in [1.29, 1.82) is 0 Å². The second kappa shape index (κ2) is 10.6. The lowest BCUT2D eigenvalue weighted by molar-refractivity contribution is 0.0322. The van der Waals surface area contributed by atoms with Gasteiger partial charge in [-0.1, -0.05) is 89.6 Å². The molecule has 1 heterocycles. The number of halogens is 1. The SMILES string of the molecule is O[C@@H](Cc1ccccc1)CN(Cc1cccc(Cl)c1)C[C@@H]1CC(c2ccccc2)=NO1. The Morgan fingerprint density at radius 1 is 0.968 bits per heavy atom. The number of nitrogens with zero attached hydrogens (tertiary/aromatic N) is 2. The maximum absolute atomic E-state index is 10.8. The zero-order chi connectivity index (χ0) is 21.5. The molecule has 0 spiro atoms. The van der Waals surface area contributed by atoms with Crippen LogP contribution in [0.5, 0.6) is 0 Å². The van der Waals surface area contributed by atoms with Crippen molar-refractivity contribution in [3.63, 3.8) is 0 Å². The summed E-state index contributed by atoms with van der Waals surface area (Å²) in [6, 6.07) is 28.1. The summed E-state index contributed by atoms with van der Waals surface area (Å²) >= 11 is 6.19. The van der Waals surface area contributed by atoms with Crippen LogP contribution in [0.25, 0.3) is 0 Å². The fourth-order valence-electron chi connectivity index (χ4n) is 3.96. The monoisotopic (exact) mass is 434 g/mol. The number of rotatable bonds is 9. The molecule has 0 bridgehead atoms. The summed E-state index contributed by atoms with van der Waals surface area (Å²) in [7, 11) is 0. The Bertz CT molecular complexity index is 995. The molecule has 0 saturated heterocycles. The lowest BCUT2D eigenvalue weighted by Gasteiger charge is -2.27. The van der Waals surface area contributed by atoms with Crippen LogP contribution in [-0.2, 0) is 17.8 Å². The third-order valence-electron chi connectivity index (χ3n) is 5.38. The third kappa shape index (κ3) is 6.41. The predicted octanol–water partition coefficient (Wildman–Crippen LogP) is 4.94. The zero-order valence-electron chi connectivity index (χ0n) is 17.4. The minimum atomic E-state index is -0.475. The highest BCUT2D eigenvalue weighted by molar-refractivity contribution is 6.30. The van der Waals surface area contributed by atoms with E-state index in [0.717, 1.165) is 28.8 Å². The van der Waals surface area contributed by atoms with Crippen molar-refractivity contribution < 1.29 is 9.94 Å². The molecular formula is C26H27ClN2O2. The number of hydrogen-bond acceptors (Lipinski definition) is 4. The molecule has 3 aromatic carbocycles. The van der Waals surface area contributed by atoms with Gasteiger partial charge in [0.25, 0.3) is 0 Å². The van der Waals surface area contributed by atoms with Gasteiger partial charge in [0.05, 0.1) is 11.8 Å². The molecule has 0 amide bonds. The van der Waals surface area contributed by atoms with Crippen LogP contribution >= 0.6 is 11.6 Å². The predicted molar refractivity (Wildman–Crippen MR) is 125 cm³/mol. The van der Waals surface area contributed by atoms with Gasteiger partial charge in [-0.2, -0.15) is 0 Å². The summed E-state index contributed by atoms with van der Waals surface area (Å²) < 4.78 is 0. The first-order valence-corrected chi connectivity index (χ1v) is 11.0. The van der Waals surface area contributed by atoms with Crippen LogP contribution in [-0.4, -0.2) is 41.0 Å². The van der Waals surface area contributed by atoms with E-state index in [9.17, 15) is 5.11 Å². The number of benzene rings is 3. The molecule has 0 fully saturated rings. The van der Waals surface area contributed by atoms with Crippen molar-refractivity contribution in [3.8, 4) is 0 Å². The highest BCUT2D eigenvalue weighted by atomic mass is 35.5. The molecule has 0 aliphatic carbocycles. The van der Waals surface area contributed by atoms with Crippen molar-refractivity contribution in [2.45, 2.75) is 31.6 Å². The molecule has 0 unspecified atom stereocenters. The first-order chi connectivity index (χ1) is 15.2. The second-order valence-electron chi connectivity index (χ2n) is 8.00. The fraction of sp³-hybridized carbons (Fsp3) is 0.269. The lowest BCUT2D eigenvalue weighted by Crippen LogP contribution is -2.38. The third-order valence-corrected chi connectivity index (χ3v) is 5.62. The number of aliphatic hydroxyl groups excluding tert-OH is 1. The summed E-state index contributed by atoms with van der Waals surface area (Å²) in [4.78, 5) is 7.98. The molecule has 2 atom stereocenters. The van der Waals surface area contributed by atoms with Crippen molar-refractivity contribution in [2.24, 2.45) is 5.16 Å². The Hall–Kier alpha value is -2.66. The van der Waals surface area contributed by atoms with Crippen molar-refractivity contribution in [2.75, 3.05) is 13.1 Å². The van der Waals surface area contributed by atoms with E-state index in [1.54, 1.807) is 0 Å². The zero-order valence-corrected chi connectivity index (χ0v) is 18.2. The van der Waals surface area contributed by atoms with Crippen molar-refractivity contribution in [1.82, 2.24) is 4.90 Å². The first kappa shape index (κ1) is 21.6. The van der Waals surface area contributed by atoms with Crippen LogP contribution in [0.2, 0.25) is 5.02 Å². The van der Waals surface area contributed by atoms with Gasteiger partial charge in [0.2, 0.25) is 0 Å². The van der Waals surface area contributed by atoms with E-state index < -0.39 is 6.10 Å². The smallest absolute Gasteiger partial charge is 0.145 e. The van der Waals surface area contributed by atoms with E-state index >= 15 is 0 Å². The van der Waals surface area contributed by atoms with Gasteiger partial charge in [-0.25, -0.2) is 0 Å². The van der Waals surface area contributed by atoms with E-state index in [1.807, 2.05) is 66.7 Å². The Labute approximate surface area is 188 Å². The molecule has 1 aliphatic rings.